The molecule has 2 amide bonds. The molecular formula is C17H24N2O5. The van der Waals surface area contributed by atoms with Gasteiger partial charge in [-0.05, 0) is 18.4 Å². The van der Waals surface area contributed by atoms with Crippen molar-refractivity contribution in [1.29, 1.82) is 0 Å². The first-order chi connectivity index (χ1) is 11.4. The molecule has 0 fully saturated rings. The number of rotatable bonds is 9. The van der Waals surface area contributed by atoms with E-state index < -0.39 is 35.8 Å². The molecule has 0 aliphatic rings. The molecule has 7 nitrogen and oxygen atoms in total. The highest BCUT2D eigenvalue weighted by Crippen LogP contribution is 2.18. The van der Waals surface area contributed by atoms with Gasteiger partial charge in [0.1, 0.15) is 6.04 Å². The maximum atomic E-state index is 12.4. The van der Waals surface area contributed by atoms with Crippen LogP contribution in [0.4, 0.5) is 0 Å². The van der Waals surface area contributed by atoms with Crippen molar-refractivity contribution in [2.75, 3.05) is 13.7 Å². The summed E-state index contributed by atoms with van der Waals surface area (Å²) < 4.78 is 10.1. The molecule has 24 heavy (non-hydrogen) atoms. The Morgan fingerprint density at radius 2 is 1.83 bits per heavy atom. The molecule has 0 spiro atoms. The Kier molecular flexibility index (Phi) is 7.91. The SMILES string of the molecule is CCOC(=O)C[C@H](C)[C@H](NC(=O)[C@H](OC)c1ccccc1)C(N)=O. The van der Waals surface area contributed by atoms with E-state index in [9.17, 15) is 14.4 Å². The Bertz CT molecular complexity index is 561. The van der Waals surface area contributed by atoms with Gasteiger partial charge in [-0.15, -0.1) is 0 Å². The zero-order valence-electron chi connectivity index (χ0n) is 14.2. The molecule has 1 rings (SSSR count). The molecule has 1 aromatic rings. The first kappa shape index (κ1) is 19.6. The number of nitrogens with one attached hydrogen (secondary N) is 1. The van der Waals surface area contributed by atoms with E-state index in [4.69, 9.17) is 15.2 Å². The van der Waals surface area contributed by atoms with E-state index in [1.54, 1.807) is 38.1 Å². The van der Waals surface area contributed by atoms with Gasteiger partial charge in [-0.3, -0.25) is 14.4 Å². The van der Waals surface area contributed by atoms with E-state index in [1.165, 1.54) is 7.11 Å². The zero-order chi connectivity index (χ0) is 18.1. The molecule has 7 heteroatoms. The fourth-order valence-electron chi connectivity index (χ4n) is 2.35. The Morgan fingerprint density at radius 3 is 2.33 bits per heavy atom. The first-order valence-electron chi connectivity index (χ1n) is 7.73. The third kappa shape index (κ3) is 5.66. The highest BCUT2D eigenvalue weighted by molar-refractivity contribution is 5.89. The quantitative estimate of drug-likeness (QED) is 0.652. The van der Waals surface area contributed by atoms with Crippen molar-refractivity contribution in [3.05, 3.63) is 35.9 Å². The van der Waals surface area contributed by atoms with Gasteiger partial charge in [0.2, 0.25) is 5.91 Å². The maximum Gasteiger partial charge on any atom is 0.306 e. The predicted molar refractivity (Wildman–Crippen MR) is 87.7 cm³/mol. The number of carbonyl (C=O) groups excluding carboxylic acids is 3. The number of hydrogen-bond acceptors (Lipinski definition) is 5. The highest BCUT2D eigenvalue weighted by Gasteiger charge is 2.30. The van der Waals surface area contributed by atoms with Crippen molar-refractivity contribution >= 4 is 17.8 Å². The van der Waals surface area contributed by atoms with Crippen molar-refractivity contribution in [2.24, 2.45) is 11.7 Å². The molecule has 0 aliphatic carbocycles. The molecule has 3 N–H and O–H groups in total. The number of ether oxygens (including phenoxy) is 2. The molecule has 0 unspecified atom stereocenters. The third-order valence-electron chi connectivity index (χ3n) is 3.54. The summed E-state index contributed by atoms with van der Waals surface area (Å²) in [6.07, 6.45) is -0.895. The van der Waals surface area contributed by atoms with Gasteiger partial charge in [0.05, 0.1) is 13.0 Å². The number of primary amides is 1. The predicted octanol–water partition coefficient (Wildman–Crippen LogP) is 0.933. The maximum absolute atomic E-state index is 12.4. The Morgan fingerprint density at radius 1 is 1.21 bits per heavy atom. The molecule has 1 aromatic carbocycles. The molecule has 3 atom stereocenters. The van der Waals surface area contributed by atoms with Crippen molar-refractivity contribution in [1.82, 2.24) is 5.32 Å². The fourth-order valence-corrected chi connectivity index (χ4v) is 2.35. The van der Waals surface area contributed by atoms with Gasteiger partial charge in [0.25, 0.3) is 5.91 Å². The summed E-state index contributed by atoms with van der Waals surface area (Å²) in [5, 5.41) is 2.57. The molecule has 0 bridgehead atoms. The van der Waals surface area contributed by atoms with Crippen molar-refractivity contribution in [3.63, 3.8) is 0 Å². The summed E-state index contributed by atoms with van der Waals surface area (Å²) >= 11 is 0. The van der Waals surface area contributed by atoms with Gasteiger partial charge < -0.3 is 20.5 Å². The molecule has 0 radical (unpaired) electrons. The van der Waals surface area contributed by atoms with Gasteiger partial charge in [0.15, 0.2) is 6.10 Å². The monoisotopic (exact) mass is 336 g/mol. The van der Waals surface area contributed by atoms with Gasteiger partial charge in [-0.2, -0.15) is 0 Å². The average Bonchev–Trinajstić information content (AvgIpc) is 2.54. The van der Waals surface area contributed by atoms with Crippen LogP contribution < -0.4 is 11.1 Å². The van der Waals surface area contributed by atoms with Gasteiger partial charge in [-0.1, -0.05) is 37.3 Å². The van der Waals surface area contributed by atoms with E-state index in [0.29, 0.717) is 5.56 Å². The molecule has 0 heterocycles. The van der Waals surface area contributed by atoms with Crippen LogP contribution in [0.2, 0.25) is 0 Å². The van der Waals surface area contributed by atoms with Crippen LogP contribution in [0.25, 0.3) is 0 Å². The second-order valence-electron chi connectivity index (χ2n) is 5.40. The zero-order valence-corrected chi connectivity index (χ0v) is 14.2. The van der Waals surface area contributed by atoms with Crippen LogP contribution in [0.15, 0.2) is 30.3 Å². The first-order valence-corrected chi connectivity index (χ1v) is 7.73. The smallest absolute Gasteiger partial charge is 0.306 e. The van der Waals surface area contributed by atoms with Crippen LogP contribution in [0.3, 0.4) is 0 Å². The lowest BCUT2D eigenvalue weighted by atomic mass is 9.97. The molecular weight excluding hydrogens is 312 g/mol. The normalized spacial score (nSPS) is 14.3. The summed E-state index contributed by atoms with van der Waals surface area (Å²) in [4.78, 5) is 35.7. The summed E-state index contributed by atoms with van der Waals surface area (Å²) in [7, 11) is 1.40. The lowest BCUT2D eigenvalue weighted by Crippen LogP contribution is -2.50. The van der Waals surface area contributed by atoms with Crippen molar-refractivity contribution in [2.45, 2.75) is 32.4 Å². The third-order valence-corrected chi connectivity index (χ3v) is 3.54. The number of amides is 2. The summed E-state index contributed by atoms with van der Waals surface area (Å²) in [6.45, 7) is 3.59. The van der Waals surface area contributed by atoms with E-state index >= 15 is 0 Å². The molecule has 0 saturated heterocycles. The topological polar surface area (TPSA) is 108 Å². The largest absolute Gasteiger partial charge is 0.466 e. The number of carbonyl (C=O) groups is 3. The second-order valence-corrected chi connectivity index (χ2v) is 5.40. The molecule has 132 valence electrons. The lowest BCUT2D eigenvalue weighted by Gasteiger charge is -2.24. The number of nitrogens with two attached hydrogens (primary N) is 1. The minimum Gasteiger partial charge on any atom is -0.466 e. The number of methoxy groups -OCH3 is 1. The van der Waals surface area contributed by atoms with E-state index in [0.717, 1.165) is 0 Å². The van der Waals surface area contributed by atoms with Crippen LogP contribution in [0.1, 0.15) is 31.9 Å². The number of esters is 1. The van der Waals surface area contributed by atoms with Crippen LogP contribution in [0, 0.1) is 5.92 Å². The fraction of sp³-hybridized carbons (Fsp3) is 0.471. The van der Waals surface area contributed by atoms with Gasteiger partial charge in [-0.25, -0.2) is 0 Å². The summed E-state index contributed by atoms with van der Waals surface area (Å²) in [5.74, 6) is -2.16. The van der Waals surface area contributed by atoms with Crippen molar-refractivity contribution in [3.8, 4) is 0 Å². The summed E-state index contributed by atoms with van der Waals surface area (Å²) in [6, 6.07) is 7.88. The molecule has 0 aromatic heterocycles. The standard InChI is InChI=1S/C17H24N2O5/c1-4-24-13(20)10-11(2)14(16(18)21)19-17(22)15(23-3)12-8-6-5-7-9-12/h5-9,11,14-15H,4,10H2,1-3H3,(H2,18,21)(H,19,22)/t11-,14-,15+/m0/s1. The Labute approximate surface area is 141 Å². The summed E-state index contributed by atoms with van der Waals surface area (Å²) in [5.41, 5.74) is 6.02. The van der Waals surface area contributed by atoms with Crippen LogP contribution in [0.5, 0.6) is 0 Å². The van der Waals surface area contributed by atoms with Crippen LogP contribution in [-0.4, -0.2) is 37.5 Å². The average molecular weight is 336 g/mol. The molecule has 0 saturated carbocycles. The highest BCUT2D eigenvalue weighted by atomic mass is 16.5. The second kappa shape index (κ2) is 9.67. The van der Waals surface area contributed by atoms with E-state index in [2.05, 4.69) is 5.32 Å². The van der Waals surface area contributed by atoms with Crippen LogP contribution in [-0.2, 0) is 23.9 Å². The molecule has 0 aliphatic heterocycles. The lowest BCUT2D eigenvalue weighted by molar-refractivity contribution is -0.145. The minimum atomic E-state index is -0.997. The van der Waals surface area contributed by atoms with Gasteiger partial charge in [0, 0.05) is 7.11 Å². The van der Waals surface area contributed by atoms with E-state index in [-0.39, 0.29) is 13.0 Å². The Hall–Kier alpha value is -2.41. The van der Waals surface area contributed by atoms with Crippen LogP contribution >= 0.6 is 0 Å². The number of hydrogen-bond donors (Lipinski definition) is 2. The van der Waals surface area contributed by atoms with E-state index in [1.807, 2.05) is 6.07 Å². The van der Waals surface area contributed by atoms with Crippen molar-refractivity contribution < 1.29 is 23.9 Å². The Balaban J connectivity index is 2.81. The number of benzene rings is 1. The minimum absolute atomic E-state index is 0.0231. The van der Waals surface area contributed by atoms with Gasteiger partial charge >= 0.3 is 5.97 Å².